The number of ether oxygens (including phenoxy) is 2. The maximum atomic E-state index is 5.66. The first-order chi connectivity index (χ1) is 9.20. The Morgan fingerprint density at radius 2 is 2.21 bits per heavy atom. The van der Waals surface area contributed by atoms with Crippen LogP contribution in [0.25, 0.3) is 0 Å². The second kappa shape index (κ2) is 6.21. The largest absolute Gasteiger partial charge is 0.437 e. The summed E-state index contributed by atoms with van der Waals surface area (Å²) in [5.74, 6) is 0.928. The number of hydrogen-bond acceptors (Lipinski definition) is 5. The minimum Gasteiger partial charge on any atom is -0.437 e. The molecular weight excluding hydrogens is 262 g/mol. The maximum Gasteiger partial charge on any atom is 0.249 e. The molecule has 2 aromatic rings. The van der Waals surface area contributed by atoms with E-state index >= 15 is 0 Å². The average Bonchev–Trinajstić information content (AvgIpc) is 2.40. The summed E-state index contributed by atoms with van der Waals surface area (Å²) < 4.78 is 10.7. The third kappa shape index (κ3) is 3.46. The lowest BCUT2D eigenvalue weighted by molar-refractivity contribution is 0.184. The SMILES string of the molecule is COCc1cccc(Oc2nnccc2C(N)=S)c1. The molecule has 0 radical (unpaired) electrons. The van der Waals surface area contributed by atoms with E-state index in [2.05, 4.69) is 10.2 Å². The van der Waals surface area contributed by atoms with Crippen LogP contribution in [-0.4, -0.2) is 22.3 Å². The Kier molecular flexibility index (Phi) is 4.38. The van der Waals surface area contributed by atoms with Gasteiger partial charge in [-0.2, -0.15) is 5.10 Å². The van der Waals surface area contributed by atoms with Crippen LogP contribution in [0.5, 0.6) is 11.6 Å². The molecule has 0 aliphatic rings. The Morgan fingerprint density at radius 1 is 1.37 bits per heavy atom. The van der Waals surface area contributed by atoms with Gasteiger partial charge in [0, 0.05) is 7.11 Å². The van der Waals surface area contributed by atoms with Gasteiger partial charge in [0.25, 0.3) is 0 Å². The summed E-state index contributed by atoms with van der Waals surface area (Å²) in [4.78, 5) is 0.220. The molecule has 19 heavy (non-hydrogen) atoms. The molecule has 0 atom stereocenters. The van der Waals surface area contributed by atoms with Crippen molar-refractivity contribution >= 4 is 17.2 Å². The van der Waals surface area contributed by atoms with E-state index in [-0.39, 0.29) is 4.99 Å². The lowest BCUT2D eigenvalue weighted by atomic mass is 10.2. The number of nitrogens with two attached hydrogens (primary N) is 1. The molecule has 0 unspecified atom stereocenters. The zero-order chi connectivity index (χ0) is 13.7. The minimum absolute atomic E-state index is 0.220. The molecular formula is C13H13N3O2S. The van der Waals surface area contributed by atoms with E-state index in [1.54, 1.807) is 13.2 Å². The van der Waals surface area contributed by atoms with Crippen molar-refractivity contribution in [2.75, 3.05) is 7.11 Å². The van der Waals surface area contributed by atoms with Crippen molar-refractivity contribution in [3.8, 4) is 11.6 Å². The number of methoxy groups -OCH3 is 1. The smallest absolute Gasteiger partial charge is 0.249 e. The van der Waals surface area contributed by atoms with Gasteiger partial charge in [-0.1, -0.05) is 24.4 Å². The Bertz CT molecular complexity index is 590. The number of aromatic nitrogens is 2. The summed E-state index contributed by atoms with van der Waals surface area (Å²) in [5, 5.41) is 7.67. The van der Waals surface area contributed by atoms with Crippen molar-refractivity contribution in [3.63, 3.8) is 0 Å². The quantitative estimate of drug-likeness (QED) is 0.842. The number of rotatable bonds is 5. The monoisotopic (exact) mass is 275 g/mol. The van der Waals surface area contributed by atoms with Crippen LogP contribution in [0.1, 0.15) is 11.1 Å². The lowest BCUT2D eigenvalue weighted by Crippen LogP contribution is -2.12. The van der Waals surface area contributed by atoms with E-state index < -0.39 is 0 Å². The summed E-state index contributed by atoms with van der Waals surface area (Å²) >= 11 is 4.94. The number of nitrogens with zero attached hydrogens (tertiary/aromatic N) is 2. The molecule has 0 saturated carbocycles. The van der Waals surface area contributed by atoms with Crippen molar-refractivity contribution in [3.05, 3.63) is 47.7 Å². The second-order valence-corrected chi connectivity index (χ2v) is 4.24. The van der Waals surface area contributed by atoms with Crippen LogP contribution in [-0.2, 0) is 11.3 Å². The Morgan fingerprint density at radius 3 is 2.95 bits per heavy atom. The first-order valence-corrected chi connectivity index (χ1v) is 5.98. The van der Waals surface area contributed by atoms with E-state index in [9.17, 15) is 0 Å². The molecule has 2 N–H and O–H groups in total. The van der Waals surface area contributed by atoms with Gasteiger partial charge in [-0.3, -0.25) is 0 Å². The highest BCUT2D eigenvalue weighted by Gasteiger charge is 2.09. The highest BCUT2D eigenvalue weighted by atomic mass is 32.1. The topological polar surface area (TPSA) is 70.3 Å². The molecule has 0 amide bonds. The fraction of sp³-hybridized carbons (Fsp3) is 0.154. The van der Waals surface area contributed by atoms with E-state index in [4.69, 9.17) is 27.4 Å². The van der Waals surface area contributed by atoms with Gasteiger partial charge < -0.3 is 15.2 Å². The van der Waals surface area contributed by atoms with Crippen LogP contribution in [0.2, 0.25) is 0 Å². The first-order valence-electron chi connectivity index (χ1n) is 5.58. The van der Waals surface area contributed by atoms with Gasteiger partial charge in [0.1, 0.15) is 10.7 Å². The minimum atomic E-state index is 0.220. The van der Waals surface area contributed by atoms with Crippen LogP contribution >= 0.6 is 12.2 Å². The standard InChI is InChI=1S/C13H13N3O2S/c1-17-8-9-3-2-4-10(7-9)18-13-11(12(14)19)5-6-15-16-13/h2-7H,8H2,1H3,(H2,14,19). The van der Waals surface area contributed by atoms with Gasteiger partial charge in [-0.25, -0.2) is 0 Å². The highest BCUT2D eigenvalue weighted by Crippen LogP contribution is 2.23. The molecule has 0 aliphatic heterocycles. The van der Waals surface area contributed by atoms with Crippen molar-refractivity contribution in [1.29, 1.82) is 0 Å². The fourth-order valence-electron chi connectivity index (χ4n) is 1.56. The number of thiocarbonyl (C=S) groups is 1. The van der Waals surface area contributed by atoms with E-state index in [0.29, 0.717) is 23.8 Å². The van der Waals surface area contributed by atoms with Gasteiger partial charge in [0.05, 0.1) is 18.4 Å². The Labute approximate surface area is 116 Å². The van der Waals surface area contributed by atoms with E-state index in [1.807, 2.05) is 24.3 Å². The summed E-state index contributed by atoms with van der Waals surface area (Å²) in [6.07, 6.45) is 1.52. The third-order valence-corrected chi connectivity index (χ3v) is 2.60. The van der Waals surface area contributed by atoms with E-state index in [1.165, 1.54) is 6.20 Å². The van der Waals surface area contributed by atoms with Gasteiger partial charge in [-0.15, -0.1) is 5.10 Å². The molecule has 0 saturated heterocycles. The van der Waals surface area contributed by atoms with Gasteiger partial charge in [0.15, 0.2) is 0 Å². The predicted molar refractivity (Wildman–Crippen MR) is 75.1 cm³/mol. The molecule has 0 bridgehead atoms. The van der Waals surface area contributed by atoms with Crippen LogP contribution in [0.3, 0.4) is 0 Å². The summed E-state index contributed by atoms with van der Waals surface area (Å²) in [5.41, 5.74) is 7.17. The number of benzene rings is 1. The van der Waals surface area contributed by atoms with Crippen LogP contribution in [0.4, 0.5) is 0 Å². The van der Waals surface area contributed by atoms with Crippen molar-refractivity contribution in [1.82, 2.24) is 10.2 Å². The lowest BCUT2D eigenvalue weighted by Gasteiger charge is -2.09. The van der Waals surface area contributed by atoms with Gasteiger partial charge >= 0.3 is 0 Å². The molecule has 0 aliphatic carbocycles. The third-order valence-electron chi connectivity index (χ3n) is 2.38. The zero-order valence-corrected chi connectivity index (χ0v) is 11.2. The van der Waals surface area contributed by atoms with Gasteiger partial charge in [-0.05, 0) is 23.8 Å². The molecule has 0 spiro atoms. The molecule has 98 valence electrons. The Hall–Kier alpha value is -2.05. The van der Waals surface area contributed by atoms with E-state index in [0.717, 1.165) is 5.56 Å². The van der Waals surface area contributed by atoms with Crippen LogP contribution in [0.15, 0.2) is 36.5 Å². The number of hydrogen-bond donors (Lipinski definition) is 1. The molecule has 1 heterocycles. The highest BCUT2D eigenvalue weighted by molar-refractivity contribution is 7.80. The summed E-state index contributed by atoms with van der Waals surface area (Å²) in [7, 11) is 1.64. The summed E-state index contributed by atoms with van der Waals surface area (Å²) in [6, 6.07) is 9.17. The average molecular weight is 275 g/mol. The maximum absolute atomic E-state index is 5.66. The van der Waals surface area contributed by atoms with Crippen molar-refractivity contribution in [2.45, 2.75) is 6.61 Å². The molecule has 2 rings (SSSR count). The molecule has 5 nitrogen and oxygen atoms in total. The zero-order valence-electron chi connectivity index (χ0n) is 10.4. The van der Waals surface area contributed by atoms with Crippen LogP contribution in [0, 0.1) is 0 Å². The molecule has 0 fully saturated rings. The molecule has 6 heteroatoms. The molecule has 1 aromatic heterocycles. The normalized spacial score (nSPS) is 10.2. The second-order valence-electron chi connectivity index (χ2n) is 3.80. The van der Waals surface area contributed by atoms with Gasteiger partial charge in [0.2, 0.25) is 5.88 Å². The predicted octanol–water partition coefficient (Wildman–Crippen LogP) is 2.05. The van der Waals surface area contributed by atoms with Crippen molar-refractivity contribution in [2.24, 2.45) is 5.73 Å². The first kappa shape index (κ1) is 13.4. The fourth-order valence-corrected chi connectivity index (χ4v) is 1.71. The summed E-state index contributed by atoms with van der Waals surface area (Å²) in [6.45, 7) is 0.514. The molecule has 1 aromatic carbocycles. The van der Waals surface area contributed by atoms with Crippen molar-refractivity contribution < 1.29 is 9.47 Å². The Balaban J connectivity index is 2.26. The van der Waals surface area contributed by atoms with Crippen LogP contribution < -0.4 is 10.5 Å².